The maximum atomic E-state index is 13.8. The average molecular weight is 556 g/mol. The van der Waals surface area contributed by atoms with E-state index in [1.165, 1.54) is 11.1 Å². The third-order valence-electron chi connectivity index (χ3n) is 7.67. The number of amides is 2. The Morgan fingerprint density at radius 3 is 2.66 bits per heavy atom. The number of para-hydroxylation sites is 1. The van der Waals surface area contributed by atoms with Crippen LogP contribution in [-0.2, 0) is 21.6 Å². The predicted octanol–water partition coefficient (Wildman–Crippen LogP) is 6.15. The van der Waals surface area contributed by atoms with Crippen molar-refractivity contribution in [3.05, 3.63) is 95.2 Å². The summed E-state index contributed by atoms with van der Waals surface area (Å²) in [6.07, 6.45) is 12.1. The fourth-order valence-electron chi connectivity index (χ4n) is 5.31. The molecular formula is C34H41N3O4. The molecule has 2 aromatic carbocycles. The number of allylic oxidation sites excluding steroid dienone is 3. The predicted molar refractivity (Wildman–Crippen MR) is 166 cm³/mol. The minimum atomic E-state index is -1.80. The number of aromatic amines is 1. The topological polar surface area (TPSA) is 106 Å². The van der Waals surface area contributed by atoms with E-state index < -0.39 is 17.4 Å². The molecule has 0 spiro atoms. The Kier molecular flexibility index (Phi) is 9.63. The van der Waals surface area contributed by atoms with Gasteiger partial charge in [-0.15, -0.1) is 0 Å². The molecule has 1 aromatic heterocycles. The van der Waals surface area contributed by atoms with Gasteiger partial charge in [0.05, 0.1) is 12.1 Å². The normalized spacial score (nSPS) is 17.8. The second-order valence-corrected chi connectivity index (χ2v) is 11.1. The highest BCUT2D eigenvalue weighted by molar-refractivity contribution is 6.08. The summed E-state index contributed by atoms with van der Waals surface area (Å²) >= 11 is 0. The highest BCUT2D eigenvalue weighted by Gasteiger charge is 2.52. The summed E-state index contributed by atoms with van der Waals surface area (Å²) in [7, 11) is 0. The maximum Gasteiger partial charge on any atom is 0.264 e. The van der Waals surface area contributed by atoms with Gasteiger partial charge in [0, 0.05) is 47.4 Å². The second-order valence-electron chi connectivity index (χ2n) is 11.1. The third-order valence-corrected chi connectivity index (χ3v) is 7.67. The first-order chi connectivity index (χ1) is 19.6. The van der Waals surface area contributed by atoms with Crippen LogP contribution in [0.1, 0.15) is 58.1 Å². The van der Waals surface area contributed by atoms with Crippen molar-refractivity contribution in [2.24, 2.45) is 5.92 Å². The molecule has 2 amide bonds. The van der Waals surface area contributed by atoms with Gasteiger partial charge < -0.3 is 25.4 Å². The van der Waals surface area contributed by atoms with Crippen LogP contribution in [0.4, 0.5) is 11.4 Å². The summed E-state index contributed by atoms with van der Waals surface area (Å²) in [5.41, 5.74) is 4.12. The molecule has 0 saturated carbocycles. The Morgan fingerprint density at radius 2 is 1.90 bits per heavy atom. The Hall–Kier alpha value is -3.94. The highest BCUT2D eigenvalue weighted by Crippen LogP contribution is 2.46. The van der Waals surface area contributed by atoms with Crippen LogP contribution in [0, 0.1) is 5.92 Å². The zero-order valence-corrected chi connectivity index (χ0v) is 24.4. The lowest BCUT2D eigenvalue weighted by molar-refractivity contribution is -0.139. The van der Waals surface area contributed by atoms with Crippen LogP contribution in [0.15, 0.2) is 84.1 Å². The number of aliphatic hydroxyl groups is 2. The summed E-state index contributed by atoms with van der Waals surface area (Å²) in [6.45, 7) is 8.33. The first-order valence-electron chi connectivity index (χ1n) is 14.2. The van der Waals surface area contributed by atoms with E-state index in [0.717, 1.165) is 29.3 Å². The van der Waals surface area contributed by atoms with E-state index in [2.05, 4.69) is 37.1 Å². The van der Waals surface area contributed by atoms with Gasteiger partial charge >= 0.3 is 0 Å². The van der Waals surface area contributed by atoms with Gasteiger partial charge in [-0.3, -0.25) is 9.59 Å². The van der Waals surface area contributed by atoms with E-state index in [-0.39, 0.29) is 18.9 Å². The number of nitrogens with one attached hydrogen (secondary N) is 2. The van der Waals surface area contributed by atoms with Gasteiger partial charge in [0.2, 0.25) is 5.91 Å². The fourth-order valence-corrected chi connectivity index (χ4v) is 5.31. The number of H-pyrrole nitrogens is 1. The molecular weight excluding hydrogens is 514 g/mol. The van der Waals surface area contributed by atoms with Crippen LogP contribution in [0.2, 0.25) is 0 Å². The molecule has 0 aliphatic carbocycles. The van der Waals surface area contributed by atoms with Gasteiger partial charge in [0.25, 0.3) is 5.91 Å². The third kappa shape index (κ3) is 6.69. The molecule has 41 heavy (non-hydrogen) atoms. The Balaban J connectivity index is 1.59. The Bertz CT molecular complexity index is 1490. The summed E-state index contributed by atoms with van der Waals surface area (Å²) in [4.78, 5) is 31.6. The van der Waals surface area contributed by atoms with Crippen molar-refractivity contribution in [3.8, 4) is 0 Å². The monoisotopic (exact) mass is 555 g/mol. The van der Waals surface area contributed by atoms with Gasteiger partial charge in [0.1, 0.15) is 0 Å². The average Bonchev–Trinajstić information content (AvgIpc) is 3.44. The van der Waals surface area contributed by atoms with E-state index in [4.69, 9.17) is 0 Å². The van der Waals surface area contributed by atoms with Gasteiger partial charge in [0.15, 0.2) is 5.60 Å². The molecule has 4 N–H and O–H groups in total. The molecule has 216 valence electrons. The van der Waals surface area contributed by atoms with Crippen molar-refractivity contribution < 1.29 is 19.8 Å². The van der Waals surface area contributed by atoms with Crippen LogP contribution in [-0.4, -0.2) is 40.2 Å². The van der Waals surface area contributed by atoms with Crippen LogP contribution >= 0.6 is 0 Å². The molecule has 0 unspecified atom stereocenters. The number of carbonyl (C=O) groups is 2. The summed E-state index contributed by atoms with van der Waals surface area (Å²) in [6, 6.07) is 13.1. The molecule has 7 nitrogen and oxygen atoms in total. The van der Waals surface area contributed by atoms with Gasteiger partial charge in [-0.2, -0.15) is 0 Å². The number of aromatic nitrogens is 1. The number of hydrogen-bond acceptors (Lipinski definition) is 4. The van der Waals surface area contributed by atoms with Crippen LogP contribution in [0.5, 0.6) is 0 Å². The quantitative estimate of drug-likeness (QED) is 0.201. The maximum absolute atomic E-state index is 13.8. The van der Waals surface area contributed by atoms with Gasteiger partial charge in [-0.25, -0.2) is 0 Å². The SMILES string of the molecule is CC(C)=CCC/C(C)=C/CN1C(=O)[C@@](O)([C@@H](C)/C=C/CCO)c2cc(NC(=O)Cc3c[nH]c4ccccc34)ccc21. The molecule has 4 rings (SSSR count). The number of rotatable bonds is 12. The Morgan fingerprint density at radius 1 is 1.12 bits per heavy atom. The van der Waals surface area contributed by atoms with Crippen molar-refractivity contribution >= 4 is 34.1 Å². The first kappa shape index (κ1) is 30.0. The fraction of sp³-hybridized carbons (Fsp3) is 0.353. The van der Waals surface area contributed by atoms with Crippen molar-refractivity contribution in [1.29, 1.82) is 0 Å². The van der Waals surface area contributed by atoms with E-state index in [1.54, 1.807) is 42.2 Å². The van der Waals surface area contributed by atoms with Crippen molar-refractivity contribution in [2.75, 3.05) is 23.4 Å². The molecule has 1 aliphatic heterocycles. The van der Waals surface area contributed by atoms with E-state index in [9.17, 15) is 19.8 Å². The summed E-state index contributed by atoms with van der Waals surface area (Å²) in [5, 5.41) is 25.1. The van der Waals surface area contributed by atoms with Crippen molar-refractivity contribution in [1.82, 2.24) is 4.98 Å². The lowest BCUT2D eigenvalue weighted by Crippen LogP contribution is -2.44. The van der Waals surface area contributed by atoms with Crippen molar-refractivity contribution in [2.45, 2.75) is 59.0 Å². The van der Waals surface area contributed by atoms with E-state index in [1.807, 2.05) is 36.5 Å². The molecule has 0 fully saturated rings. The molecule has 7 heteroatoms. The smallest absolute Gasteiger partial charge is 0.264 e. The lowest BCUT2D eigenvalue weighted by atomic mass is 9.82. The number of carbonyl (C=O) groups excluding carboxylic acids is 2. The largest absolute Gasteiger partial charge is 0.396 e. The number of nitrogens with zero attached hydrogens (tertiary/aromatic N) is 1. The van der Waals surface area contributed by atoms with Crippen molar-refractivity contribution in [3.63, 3.8) is 0 Å². The summed E-state index contributed by atoms with van der Waals surface area (Å²) in [5.74, 6) is -1.14. The number of hydrogen-bond donors (Lipinski definition) is 4. The molecule has 2 atom stereocenters. The number of anilines is 2. The van der Waals surface area contributed by atoms with Crippen LogP contribution in [0.25, 0.3) is 10.9 Å². The molecule has 0 radical (unpaired) electrons. The zero-order chi connectivity index (χ0) is 29.6. The minimum Gasteiger partial charge on any atom is -0.396 e. The molecule has 2 heterocycles. The van der Waals surface area contributed by atoms with Gasteiger partial charge in [-0.1, -0.05) is 60.6 Å². The van der Waals surface area contributed by atoms with Crippen LogP contribution in [0.3, 0.4) is 0 Å². The number of aliphatic hydroxyl groups excluding tert-OH is 1. The zero-order valence-electron chi connectivity index (χ0n) is 24.4. The molecule has 0 bridgehead atoms. The second kappa shape index (κ2) is 13.1. The van der Waals surface area contributed by atoms with Gasteiger partial charge in [-0.05, 0) is 69.9 Å². The molecule has 1 aliphatic rings. The van der Waals surface area contributed by atoms with Crippen LogP contribution < -0.4 is 10.2 Å². The minimum absolute atomic E-state index is 0.0122. The summed E-state index contributed by atoms with van der Waals surface area (Å²) < 4.78 is 0. The first-order valence-corrected chi connectivity index (χ1v) is 14.2. The molecule has 0 saturated heterocycles. The molecule has 3 aromatic rings. The van der Waals surface area contributed by atoms with E-state index in [0.29, 0.717) is 29.9 Å². The lowest BCUT2D eigenvalue weighted by Gasteiger charge is -2.27. The highest BCUT2D eigenvalue weighted by atomic mass is 16.3. The number of fused-ring (bicyclic) bond motifs is 2. The Labute approximate surface area is 242 Å². The van der Waals surface area contributed by atoms with E-state index >= 15 is 0 Å². The standard InChI is InChI=1S/C34H41N3O4/c1-23(2)10-9-11-24(3)17-18-37-31-16-15-27(21-29(31)34(41,33(37)40)25(4)12-7-8-19-38)36-32(39)20-26-22-35-30-14-6-5-13-28(26)30/h5-7,10,12-17,21-22,25,35,38,41H,8-9,11,18-20H2,1-4H3,(H,36,39)/b12-7+,24-17+/t25-,34+/m0/s1. The number of benzene rings is 2.